The summed E-state index contributed by atoms with van der Waals surface area (Å²) in [6.07, 6.45) is 1.61. The number of ether oxygens (including phenoxy) is 3. The zero-order valence-corrected chi connectivity index (χ0v) is 17.6. The minimum atomic E-state index is -0.238. The molecular weight excluding hydrogens is 406 g/mol. The molecule has 4 aromatic rings. The van der Waals surface area contributed by atoms with Crippen LogP contribution >= 0.6 is 0 Å². The van der Waals surface area contributed by atoms with E-state index < -0.39 is 0 Å². The van der Waals surface area contributed by atoms with Gasteiger partial charge >= 0.3 is 0 Å². The Morgan fingerprint density at radius 3 is 2.38 bits per heavy atom. The van der Waals surface area contributed by atoms with Crippen LogP contribution < -0.4 is 19.5 Å². The van der Waals surface area contributed by atoms with Crippen molar-refractivity contribution in [3.63, 3.8) is 0 Å². The third-order valence-electron chi connectivity index (χ3n) is 4.64. The molecule has 7 nitrogen and oxygen atoms in total. The fourth-order valence-corrected chi connectivity index (χ4v) is 3.03. The average Bonchev–Trinajstić information content (AvgIpc) is 2.85. The van der Waals surface area contributed by atoms with Crippen LogP contribution in [0, 0.1) is 0 Å². The lowest BCUT2D eigenvalue weighted by atomic mass is 10.1. The van der Waals surface area contributed by atoms with Crippen LogP contribution in [0.4, 0.5) is 5.69 Å². The molecule has 1 N–H and O–H groups in total. The van der Waals surface area contributed by atoms with Crippen LogP contribution in [0.1, 0.15) is 10.4 Å². The Kier molecular flexibility index (Phi) is 6.27. The van der Waals surface area contributed by atoms with Crippen molar-refractivity contribution in [1.29, 1.82) is 0 Å². The summed E-state index contributed by atoms with van der Waals surface area (Å²) in [6.45, 7) is 0. The van der Waals surface area contributed by atoms with E-state index in [1.807, 2.05) is 24.3 Å². The SMILES string of the molecule is COc1ccc(NC(=O)c2cccc(-c3nccc(Oc4ccccc4OC)n3)c2)cc1. The lowest BCUT2D eigenvalue weighted by molar-refractivity contribution is 0.102. The van der Waals surface area contributed by atoms with Crippen molar-refractivity contribution in [3.8, 4) is 34.5 Å². The van der Waals surface area contributed by atoms with Crippen molar-refractivity contribution in [2.45, 2.75) is 0 Å². The van der Waals surface area contributed by atoms with Crippen LogP contribution in [-0.2, 0) is 0 Å². The second-order valence-corrected chi connectivity index (χ2v) is 6.73. The zero-order valence-electron chi connectivity index (χ0n) is 17.6. The number of hydrogen-bond acceptors (Lipinski definition) is 6. The summed E-state index contributed by atoms with van der Waals surface area (Å²) in [5.74, 6) is 2.44. The second-order valence-electron chi connectivity index (χ2n) is 6.73. The molecule has 1 amide bonds. The molecule has 0 aliphatic heterocycles. The van der Waals surface area contributed by atoms with Gasteiger partial charge in [-0.2, -0.15) is 4.98 Å². The molecule has 160 valence electrons. The van der Waals surface area contributed by atoms with Gasteiger partial charge in [-0.25, -0.2) is 4.98 Å². The molecule has 0 aliphatic rings. The Morgan fingerprint density at radius 1 is 0.844 bits per heavy atom. The van der Waals surface area contributed by atoms with Crippen molar-refractivity contribution in [2.75, 3.05) is 19.5 Å². The van der Waals surface area contributed by atoms with Crippen molar-refractivity contribution < 1.29 is 19.0 Å². The summed E-state index contributed by atoms with van der Waals surface area (Å²) in [7, 11) is 3.17. The minimum Gasteiger partial charge on any atom is -0.497 e. The number of nitrogens with zero attached hydrogens (tertiary/aromatic N) is 2. The monoisotopic (exact) mass is 427 g/mol. The van der Waals surface area contributed by atoms with Gasteiger partial charge < -0.3 is 19.5 Å². The summed E-state index contributed by atoms with van der Waals surface area (Å²) in [5.41, 5.74) is 1.85. The quantitative estimate of drug-likeness (QED) is 0.436. The summed E-state index contributed by atoms with van der Waals surface area (Å²) >= 11 is 0. The van der Waals surface area contributed by atoms with Crippen LogP contribution in [0.3, 0.4) is 0 Å². The first kappa shape index (κ1) is 20.9. The molecule has 0 atom stereocenters. The zero-order chi connectivity index (χ0) is 22.3. The fourth-order valence-electron chi connectivity index (χ4n) is 3.03. The van der Waals surface area contributed by atoms with E-state index in [1.54, 1.807) is 75.0 Å². The lowest BCUT2D eigenvalue weighted by Crippen LogP contribution is -2.11. The Hall–Kier alpha value is -4.39. The molecule has 1 heterocycles. The number of anilines is 1. The van der Waals surface area contributed by atoms with Gasteiger partial charge in [-0.05, 0) is 48.5 Å². The summed E-state index contributed by atoms with van der Waals surface area (Å²) in [4.78, 5) is 21.5. The largest absolute Gasteiger partial charge is 0.497 e. The highest BCUT2D eigenvalue weighted by molar-refractivity contribution is 6.04. The molecule has 1 aromatic heterocycles. The first-order chi connectivity index (χ1) is 15.7. The number of aromatic nitrogens is 2. The molecular formula is C25H21N3O4. The summed E-state index contributed by atoms with van der Waals surface area (Å²) in [5, 5.41) is 2.87. The molecule has 0 spiro atoms. The Bertz CT molecular complexity index is 1230. The molecule has 0 saturated carbocycles. The number of hydrogen-bond donors (Lipinski definition) is 1. The first-order valence-electron chi connectivity index (χ1n) is 9.86. The molecule has 0 unspecified atom stereocenters. The summed E-state index contributed by atoms with van der Waals surface area (Å²) in [6, 6.07) is 23.2. The maximum atomic E-state index is 12.7. The van der Waals surface area contributed by atoms with Gasteiger partial charge in [-0.3, -0.25) is 4.79 Å². The summed E-state index contributed by atoms with van der Waals surface area (Å²) < 4.78 is 16.3. The average molecular weight is 427 g/mol. The standard InChI is InChI=1S/C25H21N3O4/c1-30-20-12-10-19(11-13-20)27-25(29)18-7-5-6-17(16-18)24-26-15-14-23(28-24)32-22-9-4-3-8-21(22)31-2/h3-16H,1-2H3,(H,27,29). The topological polar surface area (TPSA) is 82.6 Å². The number of carbonyl (C=O) groups excluding carboxylic acids is 1. The molecule has 0 bridgehead atoms. The molecule has 0 saturated heterocycles. The van der Waals surface area contributed by atoms with Crippen molar-refractivity contribution in [2.24, 2.45) is 0 Å². The third-order valence-corrected chi connectivity index (χ3v) is 4.64. The van der Waals surface area contributed by atoms with Crippen LogP contribution in [0.25, 0.3) is 11.4 Å². The predicted octanol–water partition coefficient (Wildman–Crippen LogP) is 5.21. The first-order valence-corrected chi connectivity index (χ1v) is 9.86. The predicted molar refractivity (Wildman–Crippen MR) is 121 cm³/mol. The van der Waals surface area contributed by atoms with E-state index in [9.17, 15) is 4.79 Å². The van der Waals surface area contributed by atoms with E-state index in [0.29, 0.717) is 40.0 Å². The van der Waals surface area contributed by atoms with Gasteiger partial charge in [-0.15, -0.1) is 0 Å². The molecule has 4 rings (SSSR count). The maximum absolute atomic E-state index is 12.7. The van der Waals surface area contributed by atoms with Gasteiger partial charge in [0.2, 0.25) is 5.88 Å². The highest BCUT2D eigenvalue weighted by Crippen LogP contribution is 2.30. The van der Waals surface area contributed by atoms with Gasteiger partial charge in [0.1, 0.15) is 5.75 Å². The lowest BCUT2D eigenvalue weighted by Gasteiger charge is -2.10. The molecule has 0 radical (unpaired) electrons. The van der Waals surface area contributed by atoms with Crippen molar-refractivity contribution >= 4 is 11.6 Å². The number of amides is 1. The minimum absolute atomic E-state index is 0.238. The number of methoxy groups -OCH3 is 2. The Balaban J connectivity index is 1.53. The van der Waals surface area contributed by atoms with E-state index in [2.05, 4.69) is 15.3 Å². The van der Waals surface area contributed by atoms with E-state index in [0.717, 1.165) is 5.75 Å². The smallest absolute Gasteiger partial charge is 0.255 e. The Labute approximate surface area is 185 Å². The van der Waals surface area contributed by atoms with Crippen LogP contribution in [0.5, 0.6) is 23.1 Å². The van der Waals surface area contributed by atoms with E-state index >= 15 is 0 Å². The molecule has 0 aliphatic carbocycles. The third kappa shape index (κ3) is 4.84. The van der Waals surface area contributed by atoms with Crippen molar-refractivity contribution in [3.05, 3.63) is 90.6 Å². The number of para-hydroxylation sites is 2. The van der Waals surface area contributed by atoms with Crippen LogP contribution in [0.2, 0.25) is 0 Å². The Morgan fingerprint density at radius 2 is 1.62 bits per heavy atom. The number of carbonyl (C=O) groups is 1. The molecule has 3 aromatic carbocycles. The van der Waals surface area contributed by atoms with Gasteiger partial charge in [0.15, 0.2) is 17.3 Å². The second kappa shape index (κ2) is 9.61. The van der Waals surface area contributed by atoms with E-state index in [4.69, 9.17) is 14.2 Å². The molecule has 32 heavy (non-hydrogen) atoms. The highest BCUT2D eigenvalue weighted by atomic mass is 16.5. The number of benzene rings is 3. The van der Waals surface area contributed by atoms with Crippen LogP contribution in [0.15, 0.2) is 85.1 Å². The normalized spacial score (nSPS) is 10.3. The van der Waals surface area contributed by atoms with Crippen LogP contribution in [-0.4, -0.2) is 30.1 Å². The fraction of sp³-hybridized carbons (Fsp3) is 0.0800. The molecule has 0 fully saturated rings. The van der Waals surface area contributed by atoms with Crippen molar-refractivity contribution in [1.82, 2.24) is 9.97 Å². The van der Waals surface area contributed by atoms with Gasteiger partial charge in [0.25, 0.3) is 5.91 Å². The molecule has 7 heteroatoms. The number of nitrogens with one attached hydrogen (secondary N) is 1. The number of rotatable bonds is 7. The highest BCUT2D eigenvalue weighted by Gasteiger charge is 2.11. The van der Waals surface area contributed by atoms with Gasteiger partial charge in [0.05, 0.1) is 14.2 Å². The van der Waals surface area contributed by atoms with Gasteiger partial charge in [-0.1, -0.05) is 24.3 Å². The van der Waals surface area contributed by atoms with E-state index in [1.165, 1.54) is 0 Å². The maximum Gasteiger partial charge on any atom is 0.255 e. The van der Waals surface area contributed by atoms with E-state index in [-0.39, 0.29) is 5.91 Å². The van der Waals surface area contributed by atoms with Gasteiger partial charge in [0, 0.05) is 29.1 Å².